The Hall–Kier alpha value is -1.32. The van der Waals surface area contributed by atoms with Crippen LogP contribution in [0.25, 0.3) is 0 Å². The molecule has 0 atom stereocenters. The van der Waals surface area contributed by atoms with Gasteiger partial charge in [0.15, 0.2) is 5.78 Å². The Morgan fingerprint density at radius 3 is 2.47 bits per heavy atom. The van der Waals surface area contributed by atoms with Crippen LogP contribution in [0.15, 0.2) is 46.9 Å². The Balaban J connectivity index is 2.07. The lowest BCUT2D eigenvalue weighted by molar-refractivity contribution is 0.101. The van der Waals surface area contributed by atoms with Crippen LogP contribution in [-0.4, -0.2) is 5.78 Å². The van der Waals surface area contributed by atoms with Gasteiger partial charge in [0.1, 0.15) is 12.4 Å². The molecule has 2 aromatic rings. The quantitative estimate of drug-likeness (QED) is 0.742. The zero-order valence-corrected chi connectivity index (χ0v) is 12.7. The first kappa shape index (κ1) is 14.1. The number of hydrogen-bond donors (Lipinski definition) is 0. The van der Waals surface area contributed by atoms with Gasteiger partial charge in [0, 0.05) is 10.6 Å². The van der Waals surface area contributed by atoms with E-state index in [4.69, 9.17) is 16.3 Å². The third-order valence-electron chi connectivity index (χ3n) is 2.65. The lowest BCUT2D eigenvalue weighted by Crippen LogP contribution is -1.97. The van der Waals surface area contributed by atoms with E-state index < -0.39 is 0 Å². The molecule has 0 aliphatic rings. The van der Waals surface area contributed by atoms with Gasteiger partial charge in [-0.15, -0.1) is 0 Å². The van der Waals surface area contributed by atoms with Crippen molar-refractivity contribution < 1.29 is 9.53 Å². The van der Waals surface area contributed by atoms with Gasteiger partial charge in [-0.05, 0) is 58.7 Å². The predicted molar refractivity (Wildman–Crippen MR) is 79.9 cm³/mol. The highest BCUT2D eigenvalue weighted by atomic mass is 79.9. The molecule has 0 fully saturated rings. The smallest absolute Gasteiger partial charge is 0.159 e. The monoisotopic (exact) mass is 338 g/mol. The first-order valence-electron chi connectivity index (χ1n) is 5.74. The summed E-state index contributed by atoms with van der Waals surface area (Å²) in [5.41, 5.74) is 1.69. The molecule has 0 aliphatic heterocycles. The van der Waals surface area contributed by atoms with E-state index in [9.17, 15) is 4.79 Å². The van der Waals surface area contributed by atoms with Gasteiger partial charge in [-0.25, -0.2) is 0 Å². The van der Waals surface area contributed by atoms with Crippen molar-refractivity contribution >= 4 is 33.3 Å². The molecule has 4 heteroatoms. The standard InChI is InChI=1S/C15H12BrClO2/c1-10(18)12-4-7-15(14(16)8-12)19-9-11-2-5-13(17)6-3-11/h2-8H,9H2,1H3. The molecule has 0 N–H and O–H groups in total. The molecule has 0 bridgehead atoms. The summed E-state index contributed by atoms with van der Waals surface area (Å²) in [5.74, 6) is 0.741. The highest BCUT2D eigenvalue weighted by Crippen LogP contribution is 2.27. The molecule has 0 unspecified atom stereocenters. The number of Topliss-reactive ketones (excluding diaryl/α,β-unsaturated/α-hetero) is 1. The highest BCUT2D eigenvalue weighted by Gasteiger charge is 2.06. The van der Waals surface area contributed by atoms with E-state index in [1.54, 1.807) is 18.2 Å². The Labute approximate surface area is 125 Å². The van der Waals surface area contributed by atoms with Gasteiger partial charge in [0.25, 0.3) is 0 Å². The second-order valence-electron chi connectivity index (χ2n) is 4.12. The van der Waals surface area contributed by atoms with E-state index in [-0.39, 0.29) is 5.78 Å². The molecule has 0 saturated carbocycles. The Kier molecular flexibility index (Phi) is 4.61. The van der Waals surface area contributed by atoms with Crippen LogP contribution in [0.3, 0.4) is 0 Å². The Morgan fingerprint density at radius 1 is 1.21 bits per heavy atom. The number of rotatable bonds is 4. The zero-order chi connectivity index (χ0) is 13.8. The summed E-state index contributed by atoms with van der Waals surface area (Å²) in [6, 6.07) is 12.8. The van der Waals surface area contributed by atoms with E-state index in [0.717, 1.165) is 10.0 Å². The summed E-state index contributed by atoms with van der Waals surface area (Å²) in [6.45, 7) is 1.99. The lowest BCUT2D eigenvalue weighted by Gasteiger charge is -2.09. The van der Waals surface area contributed by atoms with Crippen LogP contribution >= 0.6 is 27.5 Å². The Morgan fingerprint density at radius 2 is 1.89 bits per heavy atom. The zero-order valence-electron chi connectivity index (χ0n) is 10.3. The number of carbonyl (C=O) groups is 1. The maximum Gasteiger partial charge on any atom is 0.159 e. The summed E-state index contributed by atoms with van der Waals surface area (Å²) < 4.78 is 6.47. The van der Waals surface area contributed by atoms with E-state index >= 15 is 0 Å². The van der Waals surface area contributed by atoms with Crippen molar-refractivity contribution in [2.75, 3.05) is 0 Å². The first-order chi connectivity index (χ1) is 9.06. The molecule has 0 aromatic heterocycles. The second-order valence-corrected chi connectivity index (χ2v) is 5.41. The van der Waals surface area contributed by atoms with Crippen LogP contribution in [0, 0.1) is 0 Å². The van der Waals surface area contributed by atoms with Crippen molar-refractivity contribution in [2.24, 2.45) is 0 Å². The highest BCUT2D eigenvalue weighted by molar-refractivity contribution is 9.10. The van der Waals surface area contributed by atoms with Gasteiger partial charge in [0.2, 0.25) is 0 Å². The van der Waals surface area contributed by atoms with Crippen LogP contribution in [-0.2, 0) is 6.61 Å². The maximum atomic E-state index is 11.2. The Bertz CT molecular complexity index is 594. The van der Waals surface area contributed by atoms with Crippen molar-refractivity contribution in [1.29, 1.82) is 0 Å². The number of benzene rings is 2. The SMILES string of the molecule is CC(=O)c1ccc(OCc2ccc(Cl)cc2)c(Br)c1. The molecule has 2 rings (SSSR count). The van der Waals surface area contributed by atoms with E-state index in [1.165, 1.54) is 6.92 Å². The third-order valence-corrected chi connectivity index (χ3v) is 3.52. The summed E-state index contributed by atoms with van der Waals surface area (Å²) in [6.07, 6.45) is 0. The van der Waals surface area contributed by atoms with Gasteiger partial charge in [-0.1, -0.05) is 23.7 Å². The van der Waals surface area contributed by atoms with Gasteiger partial charge in [-0.2, -0.15) is 0 Å². The van der Waals surface area contributed by atoms with Crippen molar-refractivity contribution in [1.82, 2.24) is 0 Å². The van der Waals surface area contributed by atoms with Crippen LogP contribution in [0.4, 0.5) is 0 Å². The fourth-order valence-electron chi connectivity index (χ4n) is 1.58. The minimum Gasteiger partial charge on any atom is -0.488 e. The molecule has 98 valence electrons. The normalized spacial score (nSPS) is 10.3. The fraction of sp³-hybridized carbons (Fsp3) is 0.133. The average Bonchev–Trinajstić information content (AvgIpc) is 2.39. The molecule has 2 aromatic carbocycles. The first-order valence-corrected chi connectivity index (χ1v) is 6.91. The lowest BCUT2D eigenvalue weighted by atomic mass is 10.1. The molecular formula is C15H12BrClO2. The van der Waals surface area contributed by atoms with E-state index in [1.807, 2.05) is 24.3 Å². The summed E-state index contributed by atoms with van der Waals surface area (Å²) in [7, 11) is 0. The summed E-state index contributed by atoms with van der Waals surface area (Å²) in [4.78, 5) is 11.2. The van der Waals surface area contributed by atoms with Gasteiger partial charge < -0.3 is 4.74 Å². The van der Waals surface area contributed by atoms with Crippen LogP contribution in [0.1, 0.15) is 22.8 Å². The molecule has 19 heavy (non-hydrogen) atoms. The van der Waals surface area contributed by atoms with Gasteiger partial charge in [-0.3, -0.25) is 4.79 Å². The molecule has 0 radical (unpaired) electrons. The minimum atomic E-state index is 0.0324. The number of ketones is 1. The maximum absolute atomic E-state index is 11.2. The second kappa shape index (κ2) is 6.22. The molecule has 0 amide bonds. The van der Waals surface area contributed by atoms with Gasteiger partial charge >= 0.3 is 0 Å². The summed E-state index contributed by atoms with van der Waals surface area (Å²) in [5, 5.41) is 0.704. The largest absolute Gasteiger partial charge is 0.488 e. The van der Waals surface area contributed by atoms with Crippen LogP contribution in [0.5, 0.6) is 5.75 Å². The number of ether oxygens (including phenoxy) is 1. The van der Waals surface area contributed by atoms with E-state index in [0.29, 0.717) is 22.9 Å². The third kappa shape index (κ3) is 3.82. The fourth-order valence-corrected chi connectivity index (χ4v) is 2.20. The van der Waals surface area contributed by atoms with Crippen molar-refractivity contribution in [3.63, 3.8) is 0 Å². The van der Waals surface area contributed by atoms with Crippen molar-refractivity contribution in [3.8, 4) is 5.75 Å². The molecule has 0 spiro atoms. The number of halogens is 2. The molecule has 2 nitrogen and oxygen atoms in total. The van der Waals surface area contributed by atoms with E-state index in [2.05, 4.69) is 15.9 Å². The molecule has 0 aliphatic carbocycles. The van der Waals surface area contributed by atoms with Gasteiger partial charge in [0.05, 0.1) is 4.47 Å². The predicted octanol–water partition coefficient (Wildman–Crippen LogP) is 4.88. The van der Waals surface area contributed by atoms with Crippen LogP contribution in [0.2, 0.25) is 5.02 Å². The number of hydrogen-bond acceptors (Lipinski definition) is 2. The molecule has 0 saturated heterocycles. The van der Waals surface area contributed by atoms with Crippen molar-refractivity contribution in [2.45, 2.75) is 13.5 Å². The average molecular weight is 340 g/mol. The minimum absolute atomic E-state index is 0.0324. The molecule has 0 heterocycles. The summed E-state index contributed by atoms with van der Waals surface area (Å²) >= 11 is 9.22. The number of carbonyl (C=O) groups excluding carboxylic acids is 1. The molecular weight excluding hydrogens is 328 g/mol. The van der Waals surface area contributed by atoms with Crippen LogP contribution < -0.4 is 4.74 Å². The topological polar surface area (TPSA) is 26.3 Å². The van der Waals surface area contributed by atoms with Crippen molar-refractivity contribution in [3.05, 3.63) is 63.1 Å².